The van der Waals surface area contributed by atoms with Crippen LogP contribution in [0.5, 0.6) is 0 Å². The first kappa shape index (κ1) is 8.08. The second kappa shape index (κ2) is 2.93. The lowest BCUT2D eigenvalue weighted by atomic mass is 10.2. The van der Waals surface area contributed by atoms with Crippen molar-refractivity contribution in [3.8, 4) is 0 Å². The average molecular weight is 265 g/mol. The van der Waals surface area contributed by atoms with Gasteiger partial charge >= 0.3 is 0 Å². The molecular formula is C7H7Br2N. The largest absolute Gasteiger partial charge is 0.398 e. The van der Waals surface area contributed by atoms with E-state index in [1.807, 2.05) is 19.1 Å². The van der Waals surface area contributed by atoms with E-state index in [4.69, 9.17) is 5.73 Å². The van der Waals surface area contributed by atoms with Crippen molar-refractivity contribution >= 4 is 37.5 Å². The lowest BCUT2D eigenvalue weighted by Gasteiger charge is -2.03. The quantitative estimate of drug-likeness (QED) is 0.716. The molecule has 1 rings (SSSR count). The van der Waals surface area contributed by atoms with Crippen LogP contribution in [0.25, 0.3) is 0 Å². The van der Waals surface area contributed by atoms with E-state index in [1.165, 1.54) is 0 Å². The number of nitrogen functional groups attached to an aromatic ring is 1. The highest BCUT2D eigenvalue weighted by Gasteiger charge is 2.01. The summed E-state index contributed by atoms with van der Waals surface area (Å²) in [5.41, 5.74) is 7.58. The van der Waals surface area contributed by atoms with Crippen LogP contribution < -0.4 is 5.73 Å². The molecule has 54 valence electrons. The molecule has 0 saturated heterocycles. The van der Waals surface area contributed by atoms with Crippen LogP contribution in [-0.4, -0.2) is 0 Å². The fourth-order valence-corrected chi connectivity index (χ4v) is 1.44. The number of hydrogen-bond donors (Lipinski definition) is 1. The van der Waals surface area contributed by atoms with Gasteiger partial charge in [-0.15, -0.1) is 0 Å². The normalized spacial score (nSPS) is 9.90. The zero-order valence-electron chi connectivity index (χ0n) is 5.49. The van der Waals surface area contributed by atoms with Gasteiger partial charge in [-0.25, -0.2) is 0 Å². The van der Waals surface area contributed by atoms with E-state index in [0.29, 0.717) is 0 Å². The van der Waals surface area contributed by atoms with Gasteiger partial charge in [0, 0.05) is 14.6 Å². The Kier molecular flexibility index (Phi) is 2.36. The lowest BCUT2D eigenvalue weighted by molar-refractivity contribution is 1.41. The molecule has 0 heterocycles. The molecule has 3 heteroatoms. The van der Waals surface area contributed by atoms with Crippen molar-refractivity contribution < 1.29 is 0 Å². The van der Waals surface area contributed by atoms with E-state index in [9.17, 15) is 0 Å². The van der Waals surface area contributed by atoms with Gasteiger partial charge in [0.2, 0.25) is 0 Å². The number of anilines is 1. The van der Waals surface area contributed by atoms with Gasteiger partial charge in [-0.05, 0) is 40.5 Å². The van der Waals surface area contributed by atoms with Gasteiger partial charge in [-0.2, -0.15) is 0 Å². The molecule has 0 aliphatic carbocycles. The number of nitrogens with two attached hydrogens (primary N) is 1. The van der Waals surface area contributed by atoms with Crippen molar-refractivity contribution in [2.24, 2.45) is 0 Å². The van der Waals surface area contributed by atoms with Gasteiger partial charge in [-0.3, -0.25) is 0 Å². The Bertz CT molecular complexity index is 231. The molecule has 0 unspecified atom stereocenters. The summed E-state index contributed by atoms with van der Waals surface area (Å²) in [6.07, 6.45) is 0. The summed E-state index contributed by atoms with van der Waals surface area (Å²) in [4.78, 5) is 0. The molecule has 0 aromatic heterocycles. The van der Waals surface area contributed by atoms with Crippen molar-refractivity contribution in [2.75, 3.05) is 5.73 Å². The zero-order valence-corrected chi connectivity index (χ0v) is 8.66. The highest BCUT2D eigenvalue weighted by atomic mass is 79.9. The first-order valence-corrected chi connectivity index (χ1v) is 4.41. The van der Waals surface area contributed by atoms with Gasteiger partial charge < -0.3 is 5.73 Å². The molecule has 0 atom stereocenters. The van der Waals surface area contributed by atoms with Crippen molar-refractivity contribution in [3.63, 3.8) is 0 Å². The molecule has 0 radical (unpaired) electrons. The maximum Gasteiger partial charge on any atom is 0.0499 e. The molecule has 1 aromatic carbocycles. The first-order valence-electron chi connectivity index (χ1n) is 2.83. The molecule has 0 saturated carbocycles. The predicted molar refractivity (Wildman–Crippen MR) is 51.0 cm³/mol. The maximum atomic E-state index is 5.71. The summed E-state index contributed by atoms with van der Waals surface area (Å²) in [6.45, 7) is 1.98. The third kappa shape index (κ3) is 1.35. The standard InChI is InChI=1S/C7H7Br2N/c1-4-5(8)2-3-6(9)7(4)10/h2-3H,10H2,1H3. The lowest BCUT2D eigenvalue weighted by Crippen LogP contribution is -1.90. The van der Waals surface area contributed by atoms with E-state index >= 15 is 0 Å². The SMILES string of the molecule is Cc1c(Br)ccc(Br)c1N. The van der Waals surface area contributed by atoms with E-state index < -0.39 is 0 Å². The summed E-state index contributed by atoms with van der Waals surface area (Å²) in [5, 5.41) is 0. The Balaban J connectivity index is 3.34. The molecule has 0 amide bonds. The summed E-state index contributed by atoms with van der Waals surface area (Å²) in [7, 11) is 0. The van der Waals surface area contributed by atoms with Crippen LogP contribution in [-0.2, 0) is 0 Å². The van der Waals surface area contributed by atoms with Crippen LogP contribution in [0.3, 0.4) is 0 Å². The van der Waals surface area contributed by atoms with Crippen molar-refractivity contribution in [2.45, 2.75) is 6.92 Å². The van der Waals surface area contributed by atoms with Crippen LogP contribution in [0, 0.1) is 6.92 Å². The second-order valence-electron chi connectivity index (χ2n) is 2.07. The average Bonchev–Trinajstić information content (AvgIpc) is 1.93. The van der Waals surface area contributed by atoms with Crippen molar-refractivity contribution in [1.29, 1.82) is 0 Å². The molecule has 0 bridgehead atoms. The first-order chi connectivity index (χ1) is 4.63. The Hall–Kier alpha value is -0.0200. The van der Waals surface area contributed by atoms with Crippen LogP contribution in [0.1, 0.15) is 5.56 Å². The Labute approximate surface area is 76.9 Å². The fourth-order valence-electron chi connectivity index (χ4n) is 0.669. The molecule has 1 aromatic rings. The number of hydrogen-bond acceptors (Lipinski definition) is 1. The minimum Gasteiger partial charge on any atom is -0.398 e. The van der Waals surface area contributed by atoms with Gasteiger partial charge in [-0.1, -0.05) is 15.9 Å². The molecule has 0 aliphatic heterocycles. The Morgan fingerprint density at radius 1 is 1.20 bits per heavy atom. The maximum absolute atomic E-state index is 5.71. The highest BCUT2D eigenvalue weighted by Crippen LogP contribution is 2.28. The predicted octanol–water partition coefficient (Wildman–Crippen LogP) is 3.10. The van der Waals surface area contributed by atoms with Crippen molar-refractivity contribution in [1.82, 2.24) is 0 Å². The number of benzene rings is 1. The van der Waals surface area contributed by atoms with E-state index in [-0.39, 0.29) is 0 Å². The smallest absolute Gasteiger partial charge is 0.0499 e. The molecular weight excluding hydrogens is 258 g/mol. The summed E-state index contributed by atoms with van der Waals surface area (Å²) in [5.74, 6) is 0. The monoisotopic (exact) mass is 263 g/mol. The van der Waals surface area contributed by atoms with Crippen LogP contribution in [0.15, 0.2) is 21.1 Å². The molecule has 2 N–H and O–H groups in total. The minimum atomic E-state index is 0.800. The third-order valence-corrected chi connectivity index (χ3v) is 2.95. The van der Waals surface area contributed by atoms with E-state index in [1.54, 1.807) is 0 Å². The molecule has 1 nitrogen and oxygen atoms in total. The van der Waals surface area contributed by atoms with Gasteiger partial charge in [0.25, 0.3) is 0 Å². The zero-order chi connectivity index (χ0) is 7.72. The van der Waals surface area contributed by atoms with E-state index in [2.05, 4.69) is 31.9 Å². The Morgan fingerprint density at radius 2 is 1.70 bits per heavy atom. The molecule has 0 fully saturated rings. The topological polar surface area (TPSA) is 26.0 Å². The summed E-state index contributed by atoms with van der Waals surface area (Å²) < 4.78 is 2.00. The minimum absolute atomic E-state index is 0.800. The number of rotatable bonds is 0. The summed E-state index contributed by atoms with van der Waals surface area (Å²) in [6, 6.07) is 3.89. The second-order valence-corrected chi connectivity index (χ2v) is 3.78. The third-order valence-electron chi connectivity index (χ3n) is 1.40. The van der Waals surface area contributed by atoms with Gasteiger partial charge in [0.15, 0.2) is 0 Å². The Morgan fingerprint density at radius 3 is 2.20 bits per heavy atom. The van der Waals surface area contributed by atoms with Crippen LogP contribution in [0.4, 0.5) is 5.69 Å². The van der Waals surface area contributed by atoms with Crippen LogP contribution >= 0.6 is 31.9 Å². The molecule has 0 aliphatic rings. The van der Waals surface area contributed by atoms with Gasteiger partial charge in [0.05, 0.1) is 0 Å². The fraction of sp³-hybridized carbons (Fsp3) is 0.143. The number of halogens is 2. The van der Waals surface area contributed by atoms with Gasteiger partial charge in [0.1, 0.15) is 0 Å². The highest BCUT2D eigenvalue weighted by molar-refractivity contribution is 9.11. The summed E-state index contributed by atoms with van der Waals surface area (Å²) >= 11 is 6.71. The molecule has 0 spiro atoms. The van der Waals surface area contributed by atoms with Crippen LogP contribution in [0.2, 0.25) is 0 Å². The van der Waals surface area contributed by atoms with Crippen molar-refractivity contribution in [3.05, 3.63) is 26.6 Å². The van der Waals surface area contributed by atoms with E-state index in [0.717, 1.165) is 20.2 Å². The molecule has 10 heavy (non-hydrogen) atoms.